The van der Waals surface area contributed by atoms with E-state index in [9.17, 15) is 14.7 Å². The van der Waals surface area contributed by atoms with Gasteiger partial charge in [-0.25, -0.2) is 0 Å². The molecule has 3 heteroatoms. The summed E-state index contributed by atoms with van der Waals surface area (Å²) in [5.41, 5.74) is 0.406. The molecule has 5 rings (SSSR count). The van der Waals surface area contributed by atoms with E-state index in [-0.39, 0.29) is 22.5 Å². The van der Waals surface area contributed by atoms with Crippen LogP contribution in [0.15, 0.2) is 12.2 Å². The Bertz CT molecular complexity index is 618. The van der Waals surface area contributed by atoms with Crippen LogP contribution in [0.1, 0.15) is 59.3 Å². The SMILES string of the molecule is C=C1C[C@]23CCC4C(C)(C)C(=O)CC[C@]4(C)C2C[C@@H]1C(O)C3=O. The number of fused-ring (bicyclic) bond motifs is 3. The molecule has 0 amide bonds. The van der Waals surface area contributed by atoms with Crippen molar-refractivity contribution in [2.24, 2.45) is 34.0 Å². The maximum atomic E-state index is 13.0. The van der Waals surface area contributed by atoms with Crippen LogP contribution in [0.3, 0.4) is 0 Å². The summed E-state index contributed by atoms with van der Waals surface area (Å²) in [7, 11) is 0. The highest BCUT2D eigenvalue weighted by atomic mass is 16.3. The number of carbonyl (C=O) groups excluding carboxylic acids is 2. The molecule has 0 aromatic heterocycles. The molecule has 5 aliphatic rings. The van der Waals surface area contributed by atoms with Gasteiger partial charge in [-0.05, 0) is 49.4 Å². The molecule has 0 heterocycles. The first kappa shape index (κ1) is 15.6. The van der Waals surface area contributed by atoms with Crippen molar-refractivity contribution in [3.63, 3.8) is 0 Å². The van der Waals surface area contributed by atoms with Gasteiger partial charge in [0, 0.05) is 23.2 Å². The summed E-state index contributed by atoms with van der Waals surface area (Å²) in [6, 6.07) is 0. The predicted molar refractivity (Wildman–Crippen MR) is 87.7 cm³/mol. The second-order valence-corrected chi connectivity index (χ2v) is 9.44. The van der Waals surface area contributed by atoms with Gasteiger partial charge in [0.25, 0.3) is 0 Å². The second kappa shape index (κ2) is 4.36. The van der Waals surface area contributed by atoms with Gasteiger partial charge in [-0.2, -0.15) is 0 Å². The molecule has 126 valence electrons. The highest BCUT2D eigenvalue weighted by Crippen LogP contribution is 2.70. The van der Waals surface area contributed by atoms with E-state index in [4.69, 9.17) is 0 Å². The molecule has 2 bridgehead atoms. The average molecular weight is 316 g/mol. The fourth-order valence-electron chi connectivity index (χ4n) is 7.09. The van der Waals surface area contributed by atoms with Crippen LogP contribution in [0.5, 0.6) is 0 Å². The lowest BCUT2D eigenvalue weighted by molar-refractivity contribution is -0.194. The molecule has 5 aliphatic carbocycles. The zero-order valence-corrected chi connectivity index (χ0v) is 14.5. The van der Waals surface area contributed by atoms with E-state index >= 15 is 0 Å². The van der Waals surface area contributed by atoms with Gasteiger partial charge in [-0.15, -0.1) is 0 Å². The molecule has 0 aliphatic heterocycles. The predicted octanol–water partition coefficient (Wildman–Crippen LogP) is 3.30. The molecule has 0 aromatic carbocycles. The van der Waals surface area contributed by atoms with Crippen molar-refractivity contribution in [1.82, 2.24) is 0 Å². The molecule has 1 spiro atoms. The molecule has 3 unspecified atom stereocenters. The highest BCUT2D eigenvalue weighted by molar-refractivity contribution is 5.93. The monoisotopic (exact) mass is 316 g/mol. The minimum Gasteiger partial charge on any atom is -0.385 e. The number of ketones is 2. The Labute approximate surface area is 138 Å². The topological polar surface area (TPSA) is 54.4 Å². The van der Waals surface area contributed by atoms with Crippen LogP contribution >= 0.6 is 0 Å². The van der Waals surface area contributed by atoms with Crippen molar-refractivity contribution in [2.45, 2.75) is 65.4 Å². The van der Waals surface area contributed by atoms with Gasteiger partial charge in [0.2, 0.25) is 0 Å². The van der Waals surface area contributed by atoms with Crippen molar-refractivity contribution in [1.29, 1.82) is 0 Å². The smallest absolute Gasteiger partial charge is 0.168 e. The number of Topliss-reactive ketones (excluding diaryl/α,β-unsaturated/α-hetero) is 2. The number of hydrogen-bond donors (Lipinski definition) is 1. The molecule has 0 radical (unpaired) electrons. The van der Waals surface area contributed by atoms with Gasteiger partial charge < -0.3 is 5.11 Å². The van der Waals surface area contributed by atoms with Gasteiger partial charge in [-0.1, -0.05) is 32.9 Å². The third-order valence-corrected chi connectivity index (χ3v) is 8.32. The Kier molecular flexibility index (Phi) is 2.95. The number of aliphatic hydroxyl groups excluding tert-OH is 1. The third kappa shape index (κ3) is 1.65. The van der Waals surface area contributed by atoms with Crippen molar-refractivity contribution in [3.8, 4) is 0 Å². The highest BCUT2D eigenvalue weighted by Gasteiger charge is 2.69. The van der Waals surface area contributed by atoms with E-state index in [1.807, 2.05) is 0 Å². The summed E-state index contributed by atoms with van der Waals surface area (Å²) in [5.74, 6) is 1.04. The summed E-state index contributed by atoms with van der Waals surface area (Å²) in [5, 5.41) is 10.4. The molecule has 1 N–H and O–H groups in total. The van der Waals surface area contributed by atoms with E-state index < -0.39 is 11.5 Å². The van der Waals surface area contributed by atoms with E-state index in [2.05, 4.69) is 27.4 Å². The summed E-state index contributed by atoms with van der Waals surface area (Å²) < 4.78 is 0. The molecular weight excluding hydrogens is 288 g/mol. The van der Waals surface area contributed by atoms with Gasteiger partial charge in [-0.3, -0.25) is 9.59 Å². The van der Waals surface area contributed by atoms with Crippen molar-refractivity contribution >= 4 is 11.6 Å². The largest absolute Gasteiger partial charge is 0.385 e. The second-order valence-electron chi connectivity index (χ2n) is 9.44. The Morgan fingerprint density at radius 1 is 1.13 bits per heavy atom. The summed E-state index contributed by atoms with van der Waals surface area (Å²) in [6.07, 6.45) is 4.06. The van der Waals surface area contributed by atoms with Gasteiger partial charge in [0.1, 0.15) is 11.9 Å². The zero-order chi connectivity index (χ0) is 16.8. The Morgan fingerprint density at radius 3 is 2.52 bits per heavy atom. The Balaban J connectivity index is 1.81. The Morgan fingerprint density at radius 2 is 1.83 bits per heavy atom. The number of aliphatic hydroxyl groups is 1. The summed E-state index contributed by atoms with van der Waals surface area (Å²) in [6.45, 7) is 10.7. The molecule has 0 aromatic rings. The van der Waals surface area contributed by atoms with E-state index in [0.29, 0.717) is 24.0 Å². The standard InChI is InChI=1S/C20H28O3/c1-11-10-20-8-5-13-18(2,3)15(21)6-7-19(13,4)14(20)9-12(11)16(22)17(20)23/h12-14,16,22H,1,5-10H2,2-4H3/t12-,13?,14?,16?,19-,20+/m0/s1. The summed E-state index contributed by atoms with van der Waals surface area (Å²) >= 11 is 0. The van der Waals surface area contributed by atoms with Gasteiger partial charge in [0.05, 0.1) is 0 Å². The van der Waals surface area contributed by atoms with Crippen LogP contribution in [0.4, 0.5) is 0 Å². The molecule has 5 saturated carbocycles. The lowest BCUT2D eigenvalue weighted by Gasteiger charge is -2.67. The average Bonchev–Trinajstić information content (AvgIpc) is 2.48. The Hall–Kier alpha value is -0.960. The number of hydrogen-bond acceptors (Lipinski definition) is 3. The molecule has 23 heavy (non-hydrogen) atoms. The fourth-order valence-corrected chi connectivity index (χ4v) is 7.09. The van der Waals surface area contributed by atoms with Gasteiger partial charge in [0.15, 0.2) is 5.78 Å². The molecule has 6 atom stereocenters. The van der Waals surface area contributed by atoms with Gasteiger partial charge >= 0.3 is 0 Å². The fraction of sp³-hybridized carbons (Fsp3) is 0.800. The number of rotatable bonds is 0. The van der Waals surface area contributed by atoms with Crippen LogP contribution < -0.4 is 0 Å². The first-order valence-electron chi connectivity index (χ1n) is 9.08. The molecule has 3 nitrogen and oxygen atoms in total. The maximum Gasteiger partial charge on any atom is 0.168 e. The van der Waals surface area contributed by atoms with Crippen LogP contribution in [-0.2, 0) is 9.59 Å². The zero-order valence-electron chi connectivity index (χ0n) is 14.5. The molecule has 0 saturated heterocycles. The molecule has 5 fully saturated rings. The lowest BCUT2D eigenvalue weighted by atomic mass is 9.36. The minimum atomic E-state index is -0.842. The van der Waals surface area contributed by atoms with Crippen LogP contribution in [0.2, 0.25) is 0 Å². The van der Waals surface area contributed by atoms with Crippen LogP contribution in [0.25, 0.3) is 0 Å². The minimum absolute atomic E-state index is 0.0322. The maximum absolute atomic E-state index is 13.0. The summed E-state index contributed by atoms with van der Waals surface area (Å²) in [4.78, 5) is 25.5. The first-order chi connectivity index (χ1) is 10.6. The number of carbonyl (C=O) groups is 2. The van der Waals surface area contributed by atoms with E-state index in [0.717, 1.165) is 37.7 Å². The first-order valence-corrected chi connectivity index (χ1v) is 9.08. The third-order valence-electron chi connectivity index (χ3n) is 8.32. The van der Waals surface area contributed by atoms with Crippen molar-refractivity contribution in [2.75, 3.05) is 0 Å². The molecular formula is C20H28O3. The quantitative estimate of drug-likeness (QED) is 0.698. The van der Waals surface area contributed by atoms with Crippen LogP contribution in [-0.4, -0.2) is 22.8 Å². The normalized spacial score (nSPS) is 51.4. The van der Waals surface area contributed by atoms with E-state index in [1.165, 1.54) is 0 Å². The van der Waals surface area contributed by atoms with E-state index in [1.54, 1.807) is 0 Å². The van der Waals surface area contributed by atoms with Crippen molar-refractivity contribution < 1.29 is 14.7 Å². The van der Waals surface area contributed by atoms with Crippen LogP contribution in [0, 0.1) is 34.0 Å². The lowest BCUT2D eigenvalue weighted by Crippen LogP contribution is -2.67. The van der Waals surface area contributed by atoms with Crippen molar-refractivity contribution in [3.05, 3.63) is 12.2 Å².